The molecule has 67 heavy (non-hydrogen) atoms. The quantitative estimate of drug-likeness (QED) is 0.0260. The van der Waals surface area contributed by atoms with Gasteiger partial charge >= 0.3 is 17.9 Å². The summed E-state index contributed by atoms with van der Waals surface area (Å²) >= 11 is 1.33. The lowest BCUT2D eigenvalue weighted by Crippen LogP contribution is -2.60. The summed E-state index contributed by atoms with van der Waals surface area (Å²) in [5, 5.41) is 47.0. The average molecular weight is 977 g/mol. The van der Waals surface area contributed by atoms with Gasteiger partial charge in [-0.25, -0.2) is 4.79 Å². The molecule has 0 aromatic rings. The van der Waals surface area contributed by atoms with E-state index in [0.29, 0.717) is 18.6 Å². The molecule has 0 radical (unpaired) electrons. The molecule has 19 N–H and O–H groups in total. The third-order valence-electron chi connectivity index (χ3n) is 9.57. The van der Waals surface area contributed by atoms with E-state index >= 15 is 0 Å². The van der Waals surface area contributed by atoms with Crippen LogP contribution in [-0.4, -0.2) is 167 Å². The first-order chi connectivity index (χ1) is 31.5. The molecule has 9 amide bonds. The molecule has 0 rings (SSSR count). The van der Waals surface area contributed by atoms with Crippen LogP contribution in [0.3, 0.4) is 0 Å². The fraction of sp³-hybridized carbons (Fsp3) is 0.692. The molecule has 380 valence electrons. The lowest BCUT2D eigenvalue weighted by atomic mass is 10.0. The van der Waals surface area contributed by atoms with Gasteiger partial charge in [-0.05, 0) is 82.4 Å². The van der Waals surface area contributed by atoms with Gasteiger partial charge in [0.05, 0.1) is 32.0 Å². The van der Waals surface area contributed by atoms with Crippen LogP contribution in [0.25, 0.3) is 0 Å². The number of hydrogen-bond donors (Lipinski definition) is 15. The van der Waals surface area contributed by atoms with E-state index in [0.717, 1.165) is 0 Å². The van der Waals surface area contributed by atoms with Crippen molar-refractivity contribution in [2.45, 2.75) is 127 Å². The highest BCUT2D eigenvalue weighted by Crippen LogP contribution is 2.10. The molecule has 0 aliphatic heterocycles. The molecule has 0 heterocycles. The van der Waals surface area contributed by atoms with E-state index in [9.17, 15) is 67.7 Å². The molecule has 0 aliphatic carbocycles. The van der Waals surface area contributed by atoms with Crippen molar-refractivity contribution in [3.8, 4) is 0 Å². The molecule has 27 nitrogen and oxygen atoms in total. The van der Waals surface area contributed by atoms with Gasteiger partial charge in [0.1, 0.15) is 36.3 Å². The number of hydrogen-bond acceptors (Lipinski definition) is 16. The van der Waals surface area contributed by atoms with Crippen LogP contribution in [0.15, 0.2) is 0 Å². The van der Waals surface area contributed by atoms with Crippen LogP contribution in [0.1, 0.15) is 84.5 Å². The Labute approximate surface area is 391 Å². The molecule has 0 saturated heterocycles. The van der Waals surface area contributed by atoms with Crippen molar-refractivity contribution in [3.05, 3.63) is 0 Å². The highest BCUT2D eigenvalue weighted by Gasteiger charge is 2.34. The maximum atomic E-state index is 13.9. The van der Waals surface area contributed by atoms with Gasteiger partial charge in [0.2, 0.25) is 53.2 Å². The number of rotatable bonds is 36. The van der Waals surface area contributed by atoms with Crippen molar-refractivity contribution < 1.29 is 72.9 Å². The first kappa shape index (κ1) is 60.9. The molecule has 0 spiro atoms. The zero-order chi connectivity index (χ0) is 51.2. The Bertz CT molecular complexity index is 1720. The minimum Gasteiger partial charge on any atom is -0.481 e. The standard InChI is InChI=1S/C39H68N12O15S/c1-20(2)32(51-29(54)19-44-28(53)18-45-33(59)21(42)16-27(43)52)38(64)49-25(12-15-67-3)37(63)47-22(8-4-6-13-40)34(60)48-24(10-11-30(55)56)36(62)46-23(9-5-7-14-41)35(61)50-26(39(65)66)17-31(57)58/h20-26,32H,4-19,40-42H2,1-3H3,(H2,43,52)(H,44,53)(H,45,59)(H,46,62)(H,47,63)(H,48,60)(H,49,64)(H,50,61)(H,51,54)(H,55,56)(H,57,58)(H,65,66)/t21-,22-,23-,24-,25-,26-,32-/m0/s1. The summed E-state index contributed by atoms with van der Waals surface area (Å²) in [5.74, 6) is -12.8. The number of amides is 9. The van der Waals surface area contributed by atoms with Crippen molar-refractivity contribution in [2.75, 3.05) is 38.2 Å². The van der Waals surface area contributed by atoms with Gasteiger partial charge in [-0.15, -0.1) is 0 Å². The molecule has 28 heteroatoms. The van der Waals surface area contributed by atoms with E-state index in [1.54, 1.807) is 20.1 Å². The molecule has 0 aromatic heterocycles. The Morgan fingerprint density at radius 1 is 0.522 bits per heavy atom. The Balaban J connectivity index is 6.27. The Morgan fingerprint density at radius 3 is 1.39 bits per heavy atom. The smallest absolute Gasteiger partial charge is 0.326 e. The van der Waals surface area contributed by atoms with Gasteiger partial charge in [-0.1, -0.05) is 13.8 Å². The third kappa shape index (κ3) is 26.6. The molecule has 0 saturated carbocycles. The molecule has 0 unspecified atom stereocenters. The lowest BCUT2D eigenvalue weighted by molar-refractivity contribution is -0.147. The van der Waals surface area contributed by atoms with Crippen molar-refractivity contribution in [2.24, 2.45) is 28.9 Å². The number of unbranched alkanes of at least 4 members (excludes halogenated alkanes) is 2. The van der Waals surface area contributed by atoms with Crippen molar-refractivity contribution in [1.82, 2.24) is 42.5 Å². The predicted molar refractivity (Wildman–Crippen MR) is 240 cm³/mol. The molecular formula is C39H68N12O15S. The van der Waals surface area contributed by atoms with E-state index in [-0.39, 0.29) is 45.2 Å². The SMILES string of the molecule is CSCC[C@H](NC(=O)[C@@H](NC(=O)CNC(=O)CNC(=O)[C@@H](N)CC(N)=O)C(C)C)C(=O)N[C@@H](CCCCN)C(=O)N[C@@H](CCC(=O)O)C(=O)N[C@@H](CCCCN)C(=O)N[C@@H](CC(=O)O)C(=O)O. The highest BCUT2D eigenvalue weighted by molar-refractivity contribution is 7.98. The summed E-state index contributed by atoms with van der Waals surface area (Å²) in [6.07, 6.45) is 0.298. The average Bonchev–Trinajstić information content (AvgIpc) is 3.24. The second-order valence-corrected chi connectivity index (χ2v) is 16.6. The summed E-state index contributed by atoms with van der Waals surface area (Å²) in [5.41, 5.74) is 21.8. The van der Waals surface area contributed by atoms with Crippen LogP contribution in [-0.2, 0) is 57.5 Å². The number of carboxylic acid groups (broad SMARTS) is 3. The van der Waals surface area contributed by atoms with Gasteiger partial charge in [0.25, 0.3) is 0 Å². The fourth-order valence-corrected chi connectivity index (χ4v) is 6.37. The number of carbonyl (C=O) groups is 12. The Kier molecular flexibility index (Phi) is 30.3. The summed E-state index contributed by atoms with van der Waals surface area (Å²) in [4.78, 5) is 151. The van der Waals surface area contributed by atoms with Gasteiger partial charge in [0.15, 0.2) is 0 Å². The molecule has 0 aromatic carbocycles. The van der Waals surface area contributed by atoms with Crippen LogP contribution in [0.4, 0.5) is 0 Å². The van der Waals surface area contributed by atoms with Gasteiger partial charge in [-0.3, -0.25) is 52.7 Å². The summed E-state index contributed by atoms with van der Waals surface area (Å²) in [6, 6.07) is -10.2. The zero-order valence-electron chi connectivity index (χ0n) is 37.9. The monoisotopic (exact) mass is 976 g/mol. The second kappa shape index (κ2) is 33.4. The van der Waals surface area contributed by atoms with Crippen molar-refractivity contribution in [3.63, 3.8) is 0 Å². The first-order valence-electron chi connectivity index (χ1n) is 21.4. The minimum absolute atomic E-state index is 0.0337. The summed E-state index contributed by atoms with van der Waals surface area (Å²) < 4.78 is 0. The summed E-state index contributed by atoms with van der Waals surface area (Å²) in [6.45, 7) is 2.37. The highest BCUT2D eigenvalue weighted by atomic mass is 32.2. The van der Waals surface area contributed by atoms with Crippen molar-refractivity contribution in [1.29, 1.82) is 0 Å². The topological polar surface area (TPSA) is 466 Å². The third-order valence-corrected chi connectivity index (χ3v) is 10.2. The van der Waals surface area contributed by atoms with Crippen LogP contribution in [0, 0.1) is 5.92 Å². The van der Waals surface area contributed by atoms with E-state index in [1.165, 1.54) is 11.8 Å². The predicted octanol–water partition coefficient (Wildman–Crippen LogP) is -5.58. The van der Waals surface area contributed by atoms with Crippen LogP contribution in [0.2, 0.25) is 0 Å². The number of carboxylic acids is 3. The number of primary amides is 1. The van der Waals surface area contributed by atoms with E-state index in [2.05, 4.69) is 42.5 Å². The lowest BCUT2D eigenvalue weighted by Gasteiger charge is -2.28. The van der Waals surface area contributed by atoms with Gasteiger partial charge in [-0.2, -0.15) is 11.8 Å². The van der Waals surface area contributed by atoms with Crippen LogP contribution < -0.4 is 65.5 Å². The molecule has 0 fully saturated rings. The zero-order valence-corrected chi connectivity index (χ0v) is 38.7. The summed E-state index contributed by atoms with van der Waals surface area (Å²) in [7, 11) is 0. The van der Waals surface area contributed by atoms with Crippen LogP contribution in [0.5, 0.6) is 0 Å². The fourth-order valence-electron chi connectivity index (χ4n) is 5.90. The molecule has 7 atom stereocenters. The maximum absolute atomic E-state index is 13.9. The second-order valence-electron chi connectivity index (χ2n) is 15.6. The van der Waals surface area contributed by atoms with E-state index in [4.69, 9.17) is 28.0 Å². The van der Waals surface area contributed by atoms with Gasteiger partial charge < -0.3 is 80.8 Å². The number of carbonyl (C=O) groups excluding carboxylic acids is 9. The molecule has 0 aliphatic rings. The molecule has 0 bridgehead atoms. The number of thioether (sulfide) groups is 1. The van der Waals surface area contributed by atoms with Gasteiger partial charge in [0, 0.05) is 6.42 Å². The first-order valence-corrected chi connectivity index (χ1v) is 22.8. The number of nitrogens with two attached hydrogens (primary N) is 4. The van der Waals surface area contributed by atoms with E-state index in [1.807, 2.05) is 0 Å². The molecular weight excluding hydrogens is 909 g/mol. The number of nitrogens with one attached hydrogen (secondary N) is 8. The van der Waals surface area contributed by atoms with Crippen molar-refractivity contribution >= 4 is 82.8 Å². The Morgan fingerprint density at radius 2 is 0.970 bits per heavy atom. The normalized spacial score (nSPS) is 14.0. The van der Waals surface area contributed by atoms with Crippen LogP contribution >= 0.6 is 11.8 Å². The number of aliphatic carboxylic acids is 3. The van der Waals surface area contributed by atoms with E-state index < -0.39 is 158 Å². The maximum Gasteiger partial charge on any atom is 0.326 e. The Hall–Kier alpha value is -6.13. The largest absolute Gasteiger partial charge is 0.481 e. The minimum atomic E-state index is -1.87.